The number of thiocarbonyl (C=S) groups is 1. The Balaban J connectivity index is 2.15. The molecule has 0 atom stereocenters. The van der Waals surface area contributed by atoms with E-state index in [2.05, 4.69) is 24.1 Å². The minimum absolute atomic E-state index is 0.410. The molecule has 0 radical (unpaired) electrons. The average molecular weight is 305 g/mol. The lowest BCUT2D eigenvalue weighted by atomic mass is 9.78. The number of aryl methyl sites for hydroxylation is 1. The van der Waals surface area contributed by atoms with Crippen molar-refractivity contribution < 1.29 is 0 Å². The second-order valence-corrected chi connectivity index (χ2v) is 7.31. The van der Waals surface area contributed by atoms with E-state index in [0.717, 1.165) is 29.4 Å². The Morgan fingerprint density at radius 2 is 2.10 bits per heavy atom. The van der Waals surface area contributed by atoms with Crippen LogP contribution in [-0.2, 0) is 0 Å². The molecule has 0 unspecified atom stereocenters. The molecule has 0 bridgehead atoms. The third-order valence-electron chi connectivity index (χ3n) is 4.54. The molecule has 0 aliphatic heterocycles. The Hall–Kier alpha value is -1.16. The van der Waals surface area contributed by atoms with E-state index < -0.39 is 0 Å². The normalized spacial score (nSPS) is 17.1. The lowest BCUT2D eigenvalue weighted by Gasteiger charge is -2.31. The molecule has 0 amide bonds. The van der Waals surface area contributed by atoms with Crippen LogP contribution in [0.4, 0.5) is 5.82 Å². The van der Waals surface area contributed by atoms with Crippen LogP contribution in [0.25, 0.3) is 0 Å². The van der Waals surface area contributed by atoms with Crippen LogP contribution in [0.15, 0.2) is 12.3 Å². The Morgan fingerprint density at radius 3 is 2.67 bits per heavy atom. The molecular formula is C17H27N3S. The van der Waals surface area contributed by atoms with Crippen molar-refractivity contribution in [2.45, 2.75) is 52.9 Å². The van der Waals surface area contributed by atoms with Crippen LogP contribution in [-0.4, -0.2) is 16.5 Å². The summed E-state index contributed by atoms with van der Waals surface area (Å²) in [6.07, 6.45) is 8.41. The molecule has 1 aromatic rings. The van der Waals surface area contributed by atoms with Crippen LogP contribution in [0.2, 0.25) is 0 Å². The number of hydrogen-bond donors (Lipinski definition) is 2. The van der Waals surface area contributed by atoms with Gasteiger partial charge in [0.2, 0.25) is 0 Å². The fraction of sp³-hybridized carbons (Fsp3) is 0.647. The van der Waals surface area contributed by atoms with Gasteiger partial charge in [-0.2, -0.15) is 0 Å². The van der Waals surface area contributed by atoms with E-state index in [1.807, 2.05) is 19.2 Å². The van der Waals surface area contributed by atoms with Crippen LogP contribution in [0.1, 0.15) is 57.1 Å². The van der Waals surface area contributed by atoms with Gasteiger partial charge in [-0.05, 0) is 49.1 Å². The topological polar surface area (TPSA) is 50.9 Å². The van der Waals surface area contributed by atoms with Crippen molar-refractivity contribution in [3.05, 3.63) is 23.4 Å². The summed E-state index contributed by atoms with van der Waals surface area (Å²) in [5.74, 6) is 1.57. The first-order valence-electron chi connectivity index (χ1n) is 7.93. The van der Waals surface area contributed by atoms with Crippen LogP contribution < -0.4 is 11.1 Å². The highest BCUT2D eigenvalue weighted by Gasteiger charge is 2.34. The van der Waals surface area contributed by atoms with E-state index in [1.165, 1.54) is 32.1 Å². The zero-order valence-electron chi connectivity index (χ0n) is 13.4. The van der Waals surface area contributed by atoms with Gasteiger partial charge in [0.25, 0.3) is 0 Å². The smallest absolute Gasteiger partial charge is 0.136 e. The van der Waals surface area contributed by atoms with Gasteiger partial charge in [0.1, 0.15) is 10.8 Å². The number of nitrogens with zero attached hydrogens (tertiary/aromatic N) is 1. The zero-order chi connectivity index (χ0) is 15.5. The van der Waals surface area contributed by atoms with Crippen molar-refractivity contribution in [1.82, 2.24) is 4.98 Å². The molecule has 1 fully saturated rings. The Bertz CT molecular complexity index is 505. The van der Waals surface area contributed by atoms with Gasteiger partial charge in [0.15, 0.2) is 0 Å². The summed E-state index contributed by atoms with van der Waals surface area (Å²) in [6, 6.07) is 1.96. The summed E-state index contributed by atoms with van der Waals surface area (Å²) < 4.78 is 0. The molecule has 3 N–H and O–H groups in total. The van der Waals surface area contributed by atoms with Crippen molar-refractivity contribution >= 4 is 23.0 Å². The number of nitrogens with one attached hydrogen (secondary N) is 1. The molecular weight excluding hydrogens is 278 g/mol. The van der Waals surface area contributed by atoms with Crippen molar-refractivity contribution in [1.29, 1.82) is 0 Å². The SMILES string of the molecule is Cc1ccnc(NCC2(CC(C)C)CCCC2)c1C(N)=S. The molecule has 4 heteroatoms. The quantitative estimate of drug-likeness (QED) is 0.779. The summed E-state index contributed by atoms with van der Waals surface area (Å²) in [7, 11) is 0. The summed E-state index contributed by atoms with van der Waals surface area (Å²) in [5.41, 5.74) is 8.26. The number of hydrogen-bond acceptors (Lipinski definition) is 3. The van der Waals surface area contributed by atoms with Gasteiger partial charge in [-0.1, -0.05) is 38.9 Å². The fourth-order valence-corrected chi connectivity index (χ4v) is 3.98. The maximum Gasteiger partial charge on any atom is 0.136 e. The fourth-order valence-electron chi connectivity index (χ4n) is 3.72. The van der Waals surface area contributed by atoms with Gasteiger partial charge in [-0.25, -0.2) is 4.98 Å². The van der Waals surface area contributed by atoms with Crippen LogP contribution in [0.3, 0.4) is 0 Å². The third kappa shape index (κ3) is 3.94. The van der Waals surface area contributed by atoms with E-state index in [0.29, 0.717) is 10.4 Å². The second kappa shape index (κ2) is 6.73. The monoisotopic (exact) mass is 305 g/mol. The summed E-state index contributed by atoms with van der Waals surface area (Å²) in [6.45, 7) is 7.62. The molecule has 1 saturated carbocycles. The average Bonchev–Trinajstić information content (AvgIpc) is 2.84. The second-order valence-electron chi connectivity index (χ2n) is 6.87. The third-order valence-corrected chi connectivity index (χ3v) is 4.75. The van der Waals surface area contributed by atoms with E-state index in [4.69, 9.17) is 18.0 Å². The highest BCUT2D eigenvalue weighted by atomic mass is 32.1. The summed E-state index contributed by atoms with van der Waals surface area (Å²) in [5, 5.41) is 3.54. The lowest BCUT2D eigenvalue weighted by molar-refractivity contribution is 0.252. The lowest BCUT2D eigenvalue weighted by Crippen LogP contribution is -2.29. The van der Waals surface area contributed by atoms with Gasteiger partial charge in [0.05, 0.1) is 5.56 Å². The zero-order valence-corrected chi connectivity index (χ0v) is 14.2. The largest absolute Gasteiger partial charge is 0.389 e. The maximum absolute atomic E-state index is 5.86. The van der Waals surface area contributed by atoms with Gasteiger partial charge < -0.3 is 11.1 Å². The molecule has 1 aromatic heterocycles. The summed E-state index contributed by atoms with van der Waals surface area (Å²) >= 11 is 5.18. The molecule has 1 heterocycles. The van der Waals surface area contributed by atoms with E-state index >= 15 is 0 Å². The van der Waals surface area contributed by atoms with Crippen LogP contribution in [0, 0.1) is 18.3 Å². The molecule has 2 rings (SSSR count). The van der Waals surface area contributed by atoms with Gasteiger partial charge in [0, 0.05) is 12.7 Å². The predicted octanol–water partition coefficient (Wildman–Crippen LogP) is 4.04. The molecule has 0 aromatic carbocycles. The van der Waals surface area contributed by atoms with Crippen molar-refractivity contribution in [3.63, 3.8) is 0 Å². The number of nitrogens with two attached hydrogens (primary N) is 1. The highest BCUT2D eigenvalue weighted by Crippen LogP contribution is 2.43. The number of rotatable bonds is 6. The first kappa shape index (κ1) is 16.2. The molecule has 1 aliphatic rings. The van der Waals surface area contributed by atoms with E-state index in [9.17, 15) is 0 Å². The van der Waals surface area contributed by atoms with Crippen molar-refractivity contribution in [2.24, 2.45) is 17.1 Å². The molecule has 0 spiro atoms. The summed E-state index contributed by atoms with van der Waals surface area (Å²) in [4.78, 5) is 4.88. The molecule has 3 nitrogen and oxygen atoms in total. The minimum Gasteiger partial charge on any atom is -0.389 e. The predicted molar refractivity (Wildman–Crippen MR) is 93.7 cm³/mol. The van der Waals surface area contributed by atoms with Crippen LogP contribution in [0.5, 0.6) is 0 Å². The van der Waals surface area contributed by atoms with Crippen LogP contribution >= 0.6 is 12.2 Å². The van der Waals surface area contributed by atoms with Crippen molar-refractivity contribution in [2.75, 3.05) is 11.9 Å². The maximum atomic E-state index is 5.86. The Kier molecular flexibility index (Phi) is 5.20. The first-order chi connectivity index (χ1) is 9.93. The molecule has 116 valence electrons. The van der Waals surface area contributed by atoms with Gasteiger partial charge in [-0.3, -0.25) is 0 Å². The highest BCUT2D eigenvalue weighted by molar-refractivity contribution is 7.80. The first-order valence-corrected chi connectivity index (χ1v) is 8.34. The Labute approximate surface area is 133 Å². The number of pyridine rings is 1. The Morgan fingerprint density at radius 1 is 1.43 bits per heavy atom. The van der Waals surface area contributed by atoms with Gasteiger partial charge in [-0.15, -0.1) is 0 Å². The standard InChI is InChI=1S/C17H27N3S/c1-12(2)10-17(7-4-5-8-17)11-20-16-14(15(18)21)13(3)6-9-19-16/h6,9,12H,4-5,7-8,10-11H2,1-3H3,(H2,18,21)(H,19,20). The number of anilines is 1. The number of aromatic nitrogens is 1. The molecule has 1 aliphatic carbocycles. The molecule has 21 heavy (non-hydrogen) atoms. The van der Waals surface area contributed by atoms with E-state index in [-0.39, 0.29) is 0 Å². The minimum atomic E-state index is 0.410. The van der Waals surface area contributed by atoms with Gasteiger partial charge >= 0.3 is 0 Å². The molecule has 0 saturated heterocycles. The van der Waals surface area contributed by atoms with E-state index in [1.54, 1.807) is 0 Å². The van der Waals surface area contributed by atoms with Crippen molar-refractivity contribution in [3.8, 4) is 0 Å².